The highest BCUT2D eigenvalue weighted by molar-refractivity contribution is 5.70. The molecule has 0 saturated carbocycles. The molecule has 0 bridgehead atoms. The summed E-state index contributed by atoms with van der Waals surface area (Å²) in [4.78, 5) is 21.7. The van der Waals surface area contributed by atoms with Gasteiger partial charge in [0.25, 0.3) is 5.69 Å². The lowest BCUT2D eigenvalue weighted by Gasteiger charge is -2.07. The quantitative estimate of drug-likeness (QED) is 0.443. The number of nitro benzene ring substituents is 1. The second kappa shape index (κ2) is 6.74. The fraction of sp³-hybridized carbons (Fsp3) is 0.462. The van der Waals surface area contributed by atoms with Crippen molar-refractivity contribution in [1.29, 1.82) is 0 Å². The average molecular weight is 251 g/mol. The lowest BCUT2D eigenvalue weighted by molar-refractivity contribution is -0.385. The Hall–Kier alpha value is -1.91. The van der Waals surface area contributed by atoms with Crippen LogP contribution in [0.1, 0.15) is 25.8 Å². The van der Waals surface area contributed by atoms with Crippen molar-refractivity contribution in [3.8, 4) is 0 Å². The smallest absolute Gasteiger partial charge is 0.306 e. The van der Waals surface area contributed by atoms with E-state index < -0.39 is 4.92 Å². The van der Waals surface area contributed by atoms with Gasteiger partial charge in [-0.05, 0) is 12.3 Å². The van der Waals surface area contributed by atoms with Crippen LogP contribution >= 0.6 is 0 Å². The summed E-state index contributed by atoms with van der Waals surface area (Å²) in [5.41, 5.74) is 0.609. The zero-order valence-corrected chi connectivity index (χ0v) is 10.6. The molecule has 0 heterocycles. The maximum atomic E-state index is 11.4. The van der Waals surface area contributed by atoms with E-state index >= 15 is 0 Å². The van der Waals surface area contributed by atoms with E-state index in [-0.39, 0.29) is 18.1 Å². The van der Waals surface area contributed by atoms with Gasteiger partial charge in [0.15, 0.2) is 0 Å². The number of aryl methyl sites for hydroxylation is 1. The van der Waals surface area contributed by atoms with Gasteiger partial charge in [-0.3, -0.25) is 14.9 Å². The third kappa shape index (κ3) is 4.53. The number of hydrogen-bond donors (Lipinski definition) is 0. The van der Waals surface area contributed by atoms with Crippen LogP contribution in [-0.2, 0) is 16.0 Å². The number of hydrogen-bond acceptors (Lipinski definition) is 4. The number of rotatable bonds is 6. The van der Waals surface area contributed by atoms with E-state index in [0.717, 1.165) is 0 Å². The van der Waals surface area contributed by atoms with Crippen LogP contribution in [0.2, 0.25) is 0 Å². The molecule has 0 aliphatic carbocycles. The van der Waals surface area contributed by atoms with Gasteiger partial charge in [0.2, 0.25) is 0 Å². The first kappa shape index (κ1) is 14.2. The molecular weight excluding hydrogens is 234 g/mol. The Balaban J connectivity index is 2.53. The summed E-state index contributed by atoms with van der Waals surface area (Å²) in [5, 5.41) is 10.8. The summed E-state index contributed by atoms with van der Waals surface area (Å²) in [6.45, 7) is 4.29. The van der Waals surface area contributed by atoms with Gasteiger partial charge in [0, 0.05) is 18.1 Å². The summed E-state index contributed by atoms with van der Waals surface area (Å²) in [6.07, 6.45) is 0.492. The zero-order valence-electron chi connectivity index (χ0n) is 10.6. The van der Waals surface area contributed by atoms with Crippen LogP contribution in [0, 0.1) is 16.0 Å². The van der Waals surface area contributed by atoms with Gasteiger partial charge >= 0.3 is 5.97 Å². The minimum atomic E-state index is -0.436. The number of carbonyl (C=O) groups is 1. The van der Waals surface area contributed by atoms with E-state index in [1.165, 1.54) is 6.07 Å². The fourth-order valence-electron chi connectivity index (χ4n) is 1.47. The summed E-state index contributed by atoms with van der Waals surface area (Å²) >= 11 is 0. The number of nitro groups is 1. The summed E-state index contributed by atoms with van der Waals surface area (Å²) < 4.78 is 5.02. The van der Waals surface area contributed by atoms with E-state index in [1.54, 1.807) is 18.2 Å². The highest BCUT2D eigenvalue weighted by atomic mass is 16.6. The second-order valence-corrected chi connectivity index (χ2v) is 4.46. The highest BCUT2D eigenvalue weighted by Crippen LogP contribution is 2.19. The summed E-state index contributed by atoms with van der Waals surface area (Å²) in [7, 11) is 0. The number of nitrogens with zero attached hydrogens (tertiary/aromatic N) is 1. The molecule has 0 aromatic heterocycles. The molecule has 5 nitrogen and oxygen atoms in total. The Bertz CT molecular complexity index is 429. The molecule has 0 saturated heterocycles. The van der Waals surface area contributed by atoms with Crippen molar-refractivity contribution in [2.45, 2.75) is 26.7 Å². The summed E-state index contributed by atoms with van der Waals surface area (Å²) in [6, 6.07) is 6.43. The Morgan fingerprint density at radius 1 is 1.39 bits per heavy atom. The molecule has 1 aromatic rings. The standard InChI is InChI=1S/C13H17NO4/c1-10(2)9-18-13(15)8-7-11-5-3-4-6-12(11)14(16)17/h3-6,10H,7-9H2,1-2H3. The maximum Gasteiger partial charge on any atom is 0.306 e. The highest BCUT2D eigenvalue weighted by Gasteiger charge is 2.14. The van der Waals surface area contributed by atoms with Crippen LogP contribution < -0.4 is 0 Å². The zero-order chi connectivity index (χ0) is 13.5. The average Bonchev–Trinajstić information content (AvgIpc) is 2.34. The largest absolute Gasteiger partial charge is 0.465 e. The van der Waals surface area contributed by atoms with Crippen molar-refractivity contribution in [2.75, 3.05) is 6.61 Å². The molecule has 18 heavy (non-hydrogen) atoms. The van der Waals surface area contributed by atoms with Crippen LogP contribution in [-0.4, -0.2) is 17.5 Å². The summed E-state index contributed by atoms with van der Waals surface area (Å²) in [5.74, 6) is -0.0261. The Morgan fingerprint density at radius 3 is 2.67 bits per heavy atom. The van der Waals surface area contributed by atoms with E-state index in [9.17, 15) is 14.9 Å². The number of para-hydroxylation sites is 1. The minimum Gasteiger partial charge on any atom is -0.465 e. The Labute approximate surface area is 106 Å². The molecule has 0 fully saturated rings. The monoisotopic (exact) mass is 251 g/mol. The predicted octanol–water partition coefficient (Wildman–Crippen LogP) is 2.73. The first-order valence-corrected chi connectivity index (χ1v) is 5.88. The van der Waals surface area contributed by atoms with Crippen molar-refractivity contribution in [1.82, 2.24) is 0 Å². The Kier molecular flexibility index (Phi) is 5.30. The van der Waals surface area contributed by atoms with Crippen molar-refractivity contribution >= 4 is 11.7 Å². The van der Waals surface area contributed by atoms with Gasteiger partial charge in [-0.1, -0.05) is 32.0 Å². The van der Waals surface area contributed by atoms with E-state index in [2.05, 4.69) is 0 Å². The molecule has 1 aromatic carbocycles. The lowest BCUT2D eigenvalue weighted by atomic mass is 10.1. The van der Waals surface area contributed by atoms with Crippen LogP contribution in [0.15, 0.2) is 24.3 Å². The SMILES string of the molecule is CC(C)COC(=O)CCc1ccccc1[N+](=O)[O-]. The maximum absolute atomic E-state index is 11.4. The van der Waals surface area contributed by atoms with Gasteiger partial charge in [-0.25, -0.2) is 0 Å². The van der Waals surface area contributed by atoms with Gasteiger partial charge in [-0.2, -0.15) is 0 Å². The molecule has 0 unspecified atom stereocenters. The topological polar surface area (TPSA) is 69.4 Å². The minimum absolute atomic E-state index is 0.0501. The molecule has 0 N–H and O–H groups in total. The van der Waals surface area contributed by atoms with Crippen molar-refractivity contribution in [2.24, 2.45) is 5.92 Å². The molecule has 0 radical (unpaired) electrons. The number of ether oxygens (including phenoxy) is 1. The number of benzene rings is 1. The molecule has 0 aliphatic rings. The molecule has 0 aliphatic heterocycles. The van der Waals surface area contributed by atoms with Crippen LogP contribution in [0.5, 0.6) is 0 Å². The first-order valence-electron chi connectivity index (χ1n) is 5.88. The molecule has 5 heteroatoms. The van der Waals surface area contributed by atoms with Crippen molar-refractivity contribution in [3.05, 3.63) is 39.9 Å². The van der Waals surface area contributed by atoms with Crippen molar-refractivity contribution < 1.29 is 14.5 Å². The second-order valence-electron chi connectivity index (χ2n) is 4.46. The van der Waals surface area contributed by atoms with Crippen LogP contribution in [0.25, 0.3) is 0 Å². The third-order valence-electron chi connectivity index (χ3n) is 2.36. The molecule has 0 amide bonds. The van der Waals surface area contributed by atoms with Gasteiger partial charge in [0.1, 0.15) is 0 Å². The fourth-order valence-corrected chi connectivity index (χ4v) is 1.47. The number of carbonyl (C=O) groups excluding carboxylic acids is 1. The molecular formula is C13H17NO4. The normalized spacial score (nSPS) is 10.4. The van der Waals surface area contributed by atoms with Gasteiger partial charge in [0.05, 0.1) is 11.5 Å². The number of esters is 1. The first-order chi connectivity index (χ1) is 8.50. The van der Waals surface area contributed by atoms with Crippen molar-refractivity contribution in [3.63, 3.8) is 0 Å². The van der Waals surface area contributed by atoms with E-state index in [4.69, 9.17) is 4.74 Å². The predicted molar refractivity (Wildman–Crippen MR) is 67.2 cm³/mol. The van der Waals surface area contributed by atoms with Gasteiger partial charge in [-0.15, -0.1) is 0 Å². The molecule has 0 atom stereocenters. The molecule has 1 rings (SSSR count). The van der Waals surface area contributed by atoms with Crippen LogP contribution in [0.4, 0.5) is 5.69 Å². The van der Waals surface area contributed by atoms with Gasteiger partial charge < -0.3 is 4.74 Å². The lowest BCUT2D eigenvalue weighted by Crippen LogP contribution is -2.10. The molecule has 98 valence electrons. The van der Waals surface area contributed by atoms with E-state index in [0.29, 0.717) is 24.5 Å². The van der Waals surface area contributed by atoms with Crippen LogP contribution in [0.3, 0.4) is 0 Å². The Morgan fingerprint density at radius 2 is 2.06 bits per heavy atom. The molecule has 0 spiro atoms. The van der Waals surface area contributed by atoms with E-state index in [1.807, 2.05) is 13.8 Å². The third-order valence-corrected chi connectivity index (χ3v) is 2.36.